The number of rotatable bonds is 0. The van der Waals surface area contributed by atoms with Crippen LogP contribution in [-0.2, 0) is 5.41 Å². The first-order valence-electron chi connectivity index (χ1n) is 5.30. The van der Waals surface area contributed by atoms with Gasteiger partial charge in [0.2, 0.25) is 6.75 Å². The zero-order valence-electron chi connectivity index (χ0n) is 10.0. The molecule has 0 saturated heterocycles. The first-order chi connectivity index (χ1) is 6.78. The van der Waals surface area contributed by atoms with Crippen LogP contribution in [0.2, 0.25) is 0 Å². The van der Waals surface area contributed by atoms with E-state index in [9.17, 15) is 0 Å². The summed E-state index contributed by atoms with van der Waals surface area (Å²) in [7, 11) is 0. The molecular formula is C11H14O2. The molecule has 0 aromatic heterocycles. The molecular weight excluding hydrogens is 164 g/mol. The van der Waals surface area contributed by atoms with E-state index in [4.69, 9.17) is 12.2 Å². The molecule has 0 atom stereocenters. The van der Waals surface area contributed by atoms with Crippen LogP contribution in [0, 0.1) is 0 Å². The summed E-state index contributed by atoms with van der Waals surface area (Å²) in [6, 6.07) is 5.52. The Kier molecular flexibility index (Phi) is 1.29. The van der Waals surface area contributed by atoms with Gasteiger partial charge in [0, 0.05) is 0 Å². The molecule has 0 fully saturated rings. The molecule has 1 aromatic rings. The van der Waals surface area contributed by atoms with Crippen molar-refractivity contribution in [2.75, 3.05) is 6.75 Å². The third-order valence-electron chi connectivity index (χ3n) is 2.11. The first-order valence-corrected chi connectivity index (χ1v) is 4.30. The predicted molar refractivity (Wildman–Crippen MR) is 51.3 cm³/mol. The van der Waals surface area contributed by atoms with Crippen molar-refractivity contribution in [1.29, 1.82) is 0 Å². The fourth-order valence-electron chi connectivity index (χ4n) is 1.25. The number of hydrogen-bond acceptors (Lipinski definition) is 2. The van der Waals surface area contributed by atoms with E-state index < -0.39 is 6.75 Å². The van der Waals surface area contributed by atoms with Gasteiger partial charge in [0.05, 0.1) is 0 Å². The highest BCUT2D eigenvalue weighted by Crippen LogP contribution is 2.35. The molecule has 0 radical (unpaired) electrons. The Balaban J connectivity index is 2.39. The lowest BCUT2D eigenvalue weighted by Gasteiger charge is -2.18. The van der Waals surface area contributed by atoms with Gasteiger partial charge in [0.15, 0.2) is 11.5 Å². The summed E-state index contributed by atoms with van der Waals surface area (Å²) in [4.78, 5) is 0. The van der Waals surface area contributed by atoms with Crippen molar-refractivity contribution >= 4 is 0 Å². The first kappa shape index (κ1) is 6.30. The average Bonchev–Trinajstić information content (AvgIpc) is 2.34. The predicted octanol–water partition coefficient (Wildman–Crippen LogP) is 2.71. The van der Waals surface area contributed by atoms with E-state index in [1.54, 1.807) is 6.07 Å². The maximum atomic E-state index is 7.32. The molecule has 0 amide bonds. The van der Waals surface area contributed by atoms with E-state index in [2.05, 4.69) is 20.8 Å². The van der Waals surface area contributed by atoms with Crippen LogP contribution < -0.4 is 9.47 Å². The highest BCUT2D eigenvalue weighted by molar-refractivity contribution is 5.46. The van der Waals surface area contributed by atoms with Gasteiger partial charge in [-0.05, 0) is 23.1 Å². The summed E-state index contributed by atoms with van der Waals surface area (Å²) in [5.74, 6) is 0.945. The van der Waals surface area contributed by atoms with E-state index in [1.165, 1.54) is 0 Å². The van der Waals surface area contributed by atoms with Gasteiger partial charge in [0.1, 0.15) is 2.74 Å². The van der Waals surface area contributed by atoms with Crippen LogP contribution in [-0.4, -0.2) is 6.75 Å². The zero-order valence-corrected chi connectivity index (χ0v) is 8.05. The summed E-state index contributed by atoms with van der Waals surface area (Å²) in [5.41, 5.74) is 1.12. The standard InChI is InChI=1S/C11H14O2/c1-11(2,3)8-4-5-9-10(6-8)13-7-12-9/h4-6H,7H2,1-3H3/i7D2. The summed E-state index contributed by atoms with van der Waals surface area (Å²) >= 11 is 0. The Morgan fingerprint density at radius 3 is 2.62 bits per heavy atom. The number of hydrogen-bond donors (Lipinski definition) is 0. The second-order valence-corrected chi connectivity index (χ2v) is 4.20. The van der Waals surface area contributed by atoms with Gasteiger partial charge in [-0.15, -0.1) is 0 Å². The van der Waals surface area contributed by atoms with Gasteiger partial charge in [-0.2, -0.15) is 0 Å². The van der Waals surface area contributed by atoms with Crippen LogP contribution in [0.5, 0.6) is 11.5 Å². The van der Waals surface area contributed by atoms with E-state index >= 15 is 0 Å². The normalized spacial score (nSPS) is 20.8. The lowest BCUT2D eigenvalue weighted by Crippen LogP contribution is -2.10. The van der Waals surface area contributed by atoms with Crippen molar-refractivity contribution in [3.8, 4) is 11.5 Å². The monoisotopic (exact) mass is 180 g/mol. The van der Waals surface area contributed by atoms with Crippen LogP contribution in [0.4, 0.5) is 0 Å². The molecule has 1 heterocycles. The third-order valence-corrected chi connectivity index (χ3v) is 2.11. The minimum atomic E-state index is -2.03. The lowest BCUT2D eigenvalue weighted by atomic mass is 9.87. The molecule has 0 saturated carbocycles. The molecule has 0 bridgehead atoms. The summed E-state index contributed by atoms with van der Waals surface area (Å²) in [6.45, 7) is 4.26. The van der Waals surface area contributed by atoms with Crippen molar-refractivity contribution in [3.63, 3.8) is 0 Å². The molecule has 0 spiro atoms. The summed E-state index contributed by atoms with van der Waals surface area (Å²) < 4.78 is 24.7. The molecule has 1 aromatic carbocycles. The largest absolute Gasteiger partial charge is 0.454 e. The van der Waals surface area contributed by atoms with Crippen molar-refractivity contribution < 1.29 is 12.2 Å². The van der Waals surface area contributed by atoms with Crippen molar-refractivity contribution in [3.05, 3.63) is 23.8 Å². The molecule has 0 N–H and O–H groups in total. The Morgan fingerprint density at radius 1 is 1.23 bits per heavy atom. The fourth-order valence-corrected chi connectivity index (χ4v) is 1.25. The number of ether oxygens (including phenoxy) is 2. The fraction of sp³-hybridized carbons (Fsp3) is 0.455. The van der Waals surface area contributed by atoms with Crippen molar-refractivity contribution in [1.82, 2.24) is 0 Å². The number of benzene rings is 1. The Hall–Kier alpha value is -1.18. The van der Waals surface area contributed by atoms with Crippen LogP contribution in [0.15, 0.2) is 18.2 Å². The molecule has 1 aliphatic heterocycles. The molecule has 2 rings (SSSR count). The molecule has 13 heavy (non-hydrogen) atoms. The SMILES string of the molecule is [2H]C1([2H])Oc2ccc(C(C)(C)C)cc2O1. The lowest BCUT2D eigenvalue weighted by molar-refractivity contribution is 0.174. The maximum Gasteiger partial charge on any atom is 0.231 e. The van der Waals surface area contributed by atoms with Crippen LogP contribution >= 0.6 is 0 Å². The molecule has 0 aliphatic carbocycles. The maximum absolute atomic E-state index is 7.32. The van der Waals surface area contributed by atoms with E-state index in [1.807, 2.05) is 12.1 Å². The highest BCUT2D eigenvalue weighted by atomic mass is 16.7. The Morgan fingerprint density at radius 2 is 1.92 bits per heavy atom. The molecule has 1 aliphatic rings. The van der Waals surface area contributed by atoms with E-state index in [0.717, 1.165) is 5.56 Å². The second kappa shape index (κ2) is 2.66. The smallest absolute Gasteiger partial charge is 0.231 e. The molecule has 2 heteroatoms. The van der Waals surface area contributed by atoms with Gasteiger partial charge in [-0.3, -0.25) is 0 Å². The third kappa shape index (κ3) is 1.48. The summed E-state index contributed by atoms with van der Waals surface area (Å²) in [6.07, 6.45) is 0. The molecule has 70 valence electrons. The van der Waals surface area contributed by atoms with E-state index in [-0.39, 0.29) is 5.41 Å². The topological polar surface area (TPSA) is 18.5 Å². The average molecular weight is 180 g/mol. The van der Waals surface area contributed by atoms with Crippen molar-refractivity contribution in [2.24, 2.45) is 0 Å². The minimum Gasteiger partial charge on any atom is -0.454 e. The second-order valence-electron chi connectivity index (χ2n) is 4.20. The van der Waals surface area contributed by atoms with Crippen LogP contribution in [0.1, 0.15) is 29.1 Å². The van der Waals surface area contributed by atoms with Crippen LogP contribution in [0.25, 0.3) is 0 Å². The Labute approximate surface area is 81.3 Å². The van der Waals surface area contributed by atoms with Gasteiger partial charge in [-0.25, -0.2) is 0 Å². The van der Waals surface area contributed by atoms with Gasteiger partial charge < -0.3 is 9.47 Å². The van der Waals surface area contributed by atoms with Crippen LogP contribution in [0.3, 0.4) is 0 Å². The quantitative estimate of drug-likeness (QED) is 0.611. The van der Waals surface area contributed by atoms with Gasteiger partial charge in [-0.1, -0.05) is 26.8 Å². The minimum absolute atomic E-state index is 0.0215. The van der Waals surface area contributed by atoms with E-state index in [0.29, 0.717) is 11.5 Å². The summed E-state index contributed by atoms with van der Waals surface area (Å²) in [5, 5.41) is 0. The molecule has 0 unspecified atom stereocenters. The van der Waals surface area contributed by atoms with Crippen molar-refractivity contribution in [2.45, 2.75) is 26.2 Å². The zero-order chi connectivity index (χ0) is 11.3. The number of fused-ring (bicyclic) bond motifs is 1. The van der Waals surface area contributed by atoms with Gasteiger partial charge in [0.25, 0.3) is 0 Å². The molecule has 2 nitrogen and oxygen atoms in total. The Bertz CT molecular complexity index is 394. The van der Waals surface area contributed by atoms with Gasteiger partial charge >= 0.3 is 0 Å². The highest BCUT2D eigenvalue weighted by Gasteiger charge is 2.19.